The highest BCUT2D eigenvalue weighted by molar-refractivity contribution is 7.91. The van der Waals surface area contributed by atoms with Crippen LogP contribution in [0.2, 0.25) is 0 Å². The summed E-state index contributed by atoms with van der Waals surface area (Å²) in [6, 6.07) is 11.3. The molecular weight excluding hydrogens is 288 g/mol. The third kappa shape index (κ3) is 4.05. The second-order valence-corrected chi connectivity index (χ2v) is 7.95. The van der Waals surface area contributed by atoms with E-state index in [1.165, 1.54) is 0 Å². The average Bonchev–Trinajstić information content (AvgIpc) is 2.70. The van der Waals surface area contributed by atoms with Crippen LogP contribution in [0.4, 0.5) is 0 Å². The van der Waals surface area contributed by atoms with Gasteiger partial charge in [-0.2, -0.15) is 5.26 Å². The van der Waals surface area contributed by atoms with Crippen molar-refractivity contribution in [2.45, 2.75) is 25.3 Å². The first-order valence-electron chi connectivity index (χ1n) is 6.80. The Morgan fingerprint density at radius 1 is 1.43 bits per heavy atom. The van der Waals surface area contributed by atoms with Gasteiger partial charge in [0.2, 0.25) is 5.91 Å². The van der Waals surface area contributed by atoms with Crippen LogP contribution in [-0.4, -0.2) is 31.4 Å². The number of nitrogens with one attached hydrogen (secondary N) is 1. The molecular formula is C15H18N2O3S. The zero-order valence-electron chi connectivity index (χ0n) is 11.9. The van der Waals surface area contributed by atoms with E-state index in [4.69, 9.17) is 0 Å². The molecule has 0 bridgehead atoms. The lowest BCUT2D eigenvalue weighted by Crippen LogP contribution is -2.49. The van der Waals surface area contributed by atoms with Crippen molar-refractivity contribution in [3.63, 3.8) is 0 Å². The molecule has 1 aromatic carbocycles. The average molecular weight is 306 g/mol. The van der Waals surface area contributed by atoms with Gasteiger partial charge >= 0.3 is 0 Å². The SMILES string of the molecule is CC1(NC(=O)C(C#N)Cc2ccccc2)CCS(=O)(=O)C1. The van der Waals surface area contributed by atoms with E-state index >= 15 is 0 Å². The van der Waals surface area contributed by atoms with E-state index in [9.17, 15) is 18.5 Å². The third-order valence-electron chi connectivity index (χ3n) is 3.68. The standard InChI is InChI=1S/C15H18N2O3S/c1-15(7-8-21(19,20)11-15)17-14(18)13(10-16)9-12-5-3-2-4-6-12/h2-6,13H,7-9,11H2,1H3,(H,17,18). The minimum Gasteiger partial charge on any atom is -0.349 e. The molecule has 2 rings (SSSR count). The Bertz CT molecular complexity index is 664. The van der Waals surface area contributed by atoms with Crippen molar-refractivity contribution in [1.29, 1.82) is 5.26 Å². The van der Waals surface area contributed by atoms with Crippen LogP contribution in [-0.2, 0) is 21.1 Å². The van der Waals surface area contributed by atoms with E-state index in [0.29, 0.717) is 12.8 Å². The molecule has 1 aliphatic heterocycles. The summed E-state index contributed by atoms with van der Waals surface area (Å²) in [7, 11) is -3.09. The summed E-state index contributed by atoms with van der Waals surface area (Å²) in [6.45, 7) is 1.71. The minimum atomic E-state index is -3.09. The van der Waals surface area contributed by atoms with Gasteiger partial charge in [0, 0.05) is 0 Å². The molecule has 1 aromatic rings. The van der Waals surface area contributed by atoms with Gasteiger partial charge in [0.1, 0.15) is 5.92 Å². The van der Waals surface area contributed by atoms with Crippen LogP contribution < -0.4 is 5.32 Å². The predicted octanol–water partition coefficient (Wildman–Crippen LogP) is 1.06. The molecule has 5 nitrogen and oxygen atoms in total. The lowest BCUT2D eigenvalue weighted by atomic mass is 9.96. The summed E-state index contributed by atoms with van der Waals surface area (Å²) in [4.78, 5) is 12.2. The Morgan fingerprint density at radius 2 is 2.10 bits per heavy atom. The van der Waals surface area contributed by atoms with Crippen molar-refractivity contribution in [2.75, 3.05) is 11.5 Å². The van der Waals surface area contributed by atoms with Crippen LogP contribution in [0.15, 0.2) is 30.3 Å². The highest BCUT2D eigenvalue weighted by Crippen LogP contribution is 2.23. The summed E-state index contributed by atoms with van der Waals surface area (Å²) in [5, 5.41) is 11.9. The topological polar surface area (TPSA) is 87.0 Å². The predicted molar refractivity (Wildman–Crippen MR) is 79.1 cm³/mol. The molecule has 0 radical (unpaired) electrons. The Labute approximate surface area is 124 Å². The minimum absolute atomic E-state index is 0.0603. The number of hydrogen-bond donors (Lipinski definition) is 1. The summed E-state index contributed by atoms with van der Waals surface area (Å²) >= 11 is 0. The first-order chi connectivity index (χ1) is 9.84. The highest BCUT2D eigenvalue weighted by atomic mass is 32.2. The monoisotopic (exact) mass is 306 g/mol. The van der Waals surface area contributed by atoms with Crippen LogP contribution in [0.1, 0.15) is 18.9 Å². The third-order valence-corrected chi connectivity index (χ3v) is 5.59. The highest BCUT2D eigenvalue weighted by Gasteiger charge is 2.40. The van der Waals surface area contributed by atoms with E-state index in [-0.39, 0.29) is 11.5 Å². The lowest BCUT2D eigenvalue weighted by Gasteiger charge is -2.25. The molecule has 0 aliphatic carbocycles. The second-order valence-electron chi connectivity index (χ2n) is 5.76. The fourth-order valence-corrected chi connectivity index (χ4v) is 4.63. The van der Waals surface area contributed by atoms with Crippen molar-refractivity contribution in [1.82, 2.24) is 5.32 Å². The molecule has 1 N–H and O–H groups in total. The fraction of sp³-hybridized carbons (Fsp3) is 0.467. The number of sulfone groups is 1. The second kappa shape index (κ2) is 5.86. The van der Waals surface area contributed by atoms with Crippen molar-refractivity contribution in [3.05, 3.63) is 35.9 Å². The number of benzene rings is 1. The molecule has 1 fully saturated rings. The molecule has 2 atom stereocenters. The van der Waals surface area contributed by atoms with Crippen molar-refractivity contribution in [3.8, 4) is 6.07 Å². The van der Waals surface area contributed by atoms with Gasteiger partial charge in [-0.1, -0.05) is 30.3 Å². The Balaban J connectivity index is 2.03. The van der Waals surface area contributed by atoms with E-state index in [1.54, 1.807) is 6.92 Å². The maximum Gasteiger partial charge on any atom is 0.238 e. The van der Waals surface area contributed by atoms with Crippen molar-refractivity contribution >= 4 is 15.7 Å². The van der Waals surface area contributed by atoms with Crippen LogP contribution in [0, 0.1) is 17.2 Å². The molecule has 0 aromatic heterocycles. The molecule has 21 heavy (non-hydrogen) atoms. The van der Waals surface area contributed by atoms with Gasteiger partial charge in [-0.05, 0) is 25.3 Å². The van der Waals surface area contributed by atoms with Gasteiger partial charge in [0.25, 0.3) is 0 Å². The molecule has 112 valence electrons. The molecule has 0 spiro atoms. The van der Waals surface area contributed by atoms with Crippen LogP contribution in [0.3, 0.4) is 0 Å². The van der Waals surface area contributed by atoms with Crippen LogP contribution >= 0.6 is 0 Å². The number of amides is 1. The number of hydrogen-bond acceptors (Lipinski definition) is 4. The quantitative estimate of drug-likeness (QED) is 0.901. The Morgan fingerprint density at radius 3 is 2.62 bits per heavy atom. The number of carbonyl (C=O) groups is 1. The van der Waals surface area contributed by atoms with Crippen LogP contribution in [0.25, 0.3) is 0 Å². The molecule has 1 aliphatic rings. The Hall–Kier alpha value is -1.87. The summed E-state index contributed by atoms with van der Waals surface area (Å²) in [6.07, 6.45) is 0.719. The molecule has 0 saturated carbocycles. The Kier molecular flexibility index (Phi) is 4.33. The smallest absolute Gasteiger partial charge is 0.238 e. The van der Waals surface area contributed by atoms with Gasteiger partial charge in [-0.15, -0.1) is 0 Å². The van der Waals surface area contributed by atoms with Gasteiger partial charge in [-0.3, -0.25) is 4.79 Å². The zero-order chi connectivity index (χ0) is 15.5. The summed E-state index contributed by atoms with van der Waals surface area (Å²) < 4.78 is 23.1. The summed E-state index contributed by atoms with van der Waals surface area (Å²) in [5.74, 6) is -1.19. The maximum atomic E-state index is 12.2. The van der Waals surface area contributed by atoms with Gasteiger partial charge < -0.3 is 5.32 Å². The number of nitriles is 1. The molecule has 1 amide bonds. The maximum absolute atomic E-state index is 12.2. The first kappa shape index (κ1) is 15.5. The molecule has 1 saturated heterocycles. The van der Waals surface area contributed by atoms with E-state index in [2.05, 4.69) is 5.32 Å². The lowest BCUT2D eigenvalue weighted by molar-refractivity contribution is -0.124. The van der Waals surface area contributed by atoms with E-state index in [1.807, 2.05) is 36.4 Å². The molecule has 2 unspecified atom stereocenters. The van der Waals surface area contributed by atoms with Crippen LogP contribution in [0.5, 0.6) is 0 Å². The van der Waals surface area contributed by atoms with Gasteiger partial charge in [0.15, 0.2) is 9.84 Å². The molecule has 1 heterocycles. The number of nitrogens with zero attached hydrogens (tertiary/aromatic N) is 1. The number of carbonyl (C=O) groups excluding carboxylic acids is 1. The van der Waals surface area contributed by atoms with Crippen molar-refractivity contribution < 1.29 is 13.2 Å². The van der Waals surface area contributed by atoms with Gasteiger partial charge in [0.05, 0.1) is 23.1 Å². The zero-order valence-corrected chi connectivity index (χ0v) is 12.7. The molecule has 6 heteroatoms. The number of rotatable bonds is 4. The van der Waals surface area contributed by atoms with Crippen molar-refractivity contribution in [2.24, 2.45) is 5.92 Å². The largest absolute Gasteiger partial charge is 0.349 e. The van der Waals surface area contributed by atoms with E-state index in [0.717, 1.165) is 5.56 Å². The van der Waals surface area contributed by atoms with E-state index < -0.39 is 27.2 Å². The van der Waals surface area contributed by atoms with Gasteiger partial charge in [-0.25, -0.2) is 8.42 Å². The first-order valence-corrected chi connectivity index (χ1v) is 8.62. The summed E-state index contributed by atoms with van der Waals surface area (Å²) in [5.41, 5.74) is 0.144. The normalized spacial score (nSPS) is 25.0. The fourth-order valence-electron chi connectivity index (χ4n) is 2.54.